The summed E-state index contributed by atoms with van der Waals surface area (Å²) in [6.45, 7) is 0. The fraction of sp³-hybridized carbons (Fsp3) is 0.207. The van der Waals surface area contributed by atoms with Crippen molar-refractivity contribution in [2.75, 3.05) is 31.8 Å². The van der Waals surface area contributed by atoms with E-state index in [-0.39, 0.29) is 5.97 Å². The molecule has 0 aliphatic heterocycles. The van der Waals surface area contributed by atoms with Crippen LogP contribution in [0.25, 0.3) is 24.3 Å². The molecule has 1 aromatic heterocycles. The minimum Gasteiger partial charge on any atom is -0.469 e. The number of ether oxygens (including phenoxy) is 1. The standard InChI is InChI=1S/C29H30N4O2/c1-30-24-15-9-22(10-16-24)13-19-26-21-27(20-14-23-11-17-25(31-2)18-12-23)33-28(32-26)7-5-4-6-8-29(34)35-3/h9-21,30-31H,4,6,8H2,1-3H3/b19-13+,20-14+. The highest BCUT2D eigenvalue weighted by molar-refractivity contribution is 5.73. The lowest BCUT2D eigenvalue weighted by atomic mass is 10.1. The quantitative estimate of drug-likeness (QED) is 0.243. The number of aromatic nitrogens is 2. The molecule has 2 aromatic carbocycles. The van der Waals surface area contributed by atoms with Crippen LogP contribution in [0.3, 0.4) is 0 Å². The van der Waals surface area contributed by atoms with E-state index in [9.17, 15) is 4.79 Å². The summed E-state index contributed by atoms with van der Waals surface area (Å²) in [6, 6.07) is 18.2. The first-order valence-corrected chi connectivity index (χ1v) is 11.5. The van der Waals surface area contributed by atoms with E-state index >= 15 is 0 Å². The number of benzene rings is 2. The molecule has 0 saturated carbocycles. The van der Waals surface area contributed by atoms with E-state index in [0.29, 0.717) is 25.1 Å². The van der Waals surface area contributed by atoms with Crippen molar-refractivity contribution in [3.05, 3.63) is 82.9 Å². The van der Waals surface area contributed by atoms with Crippen LogP contribution in [0.15, 0.2) is 54.6 Å². The van der Waals surface area contributed by atoms with Crippen molar-refractivity contribution in [1.29, 1.82) is 0 Å². The molecular weight excluding hydrogens is 436 g/mol. The van der Waals surface area contributed by atoms with Crippen molar-refractivity contribution >= 4 is 41.6 Å². The van der Waals surface area contributed by atoms with Crippen molar-refractivity contribution < 1.29 is 9.53 Å². The molecule has 0 amide bonds. The van der Waals surface area contributed by atoms with Gasteiger partial charge in [-0.05, 0) is 66.0 Å². The van der Waals surface area contributed by atoms with E-state index in [1.165, 1.54) is 7.11 Å². The van der Waals surface area contributed by atoms with Crippen molar-refractivity contribution in [2.24, 2.45) is 0 Å². The van der Waals surface area contributed by atoms with Crippen LogP contribution in [0, 0.1) is 11.8 Å². The molecule has 0 bridgehead atoms. The number of rotatable bonds is 9. The van der Waals surface area contributed by atoms with Gasteiger partial charge in [0.05, 0.1) is 18.5 Å². The summed E-state index contributed by atoms with van der Waals surface area (Å²) in [5, 5.41) is 6.24. The molecule has 0 unspecified atom stereocenters. The fourth-order valence-electron chi connectivity index (χ4n) is 3.16. The van der Waals surface area contributed by atoms with Crippen LogP contribution in [0.5, 0.6) is 0 Å². The molecule has 0 aliphatic carbocycles. The van der Waals surface area contributed by atoms with Gasteiger partial charge in [-0.2, -0.15) is 0 Å². The molecule has 178 valence electrons. The molecule has 0 saturated heterocycles. The average molecular weight is 467 g/mol. The molecule has 0 spiro atoms. The van der Waals surface area contributed by atoms with Gasteiger partial charge in [0.25, 0.3) is 0 Å². The smallest absolute Gasteiger partial charge is 0.305 e. The van der Waals surface area contributed by atoms with Gasteiger partial charge < -0.3 is 15.4 Å². The molecule has 3 rings (SSSR count). The average Bonchev–Trinajstić information content (AvgIpc) is 2.91. The summed E-state index contributed by atoms with van der Waals surface area (Å²) in [7, 11) is 5.18. The van der Waals surface area contributed by atoms with Gasteiger partial charge in [-0.25, -0.2) is 9.97 Å². The lowest BCUT2D eigenvalue weighted by Crippen LogP contribution is -1.98. The molecule has 0 aliphatic rings. The van der Waals surface area contributed by atoms with E-state index in [0.717, 1.165) is 33.9 Å². The first-order chi connectivity index (χ1) is 17.1. The van der Waals surface area contributed by atoms with Crippen LogP contribution in [0.4, 0.5) is 11.4 Å². The van der Waals surface area contributed by atoms with E-state index in [1.807, 2.05) is 93.0 Å². The highest BCUT2D eigenvalue weighted by Gasteiger charge is 2.01. The monoisotopic (exact) mass is 466 g/mol. The minimum atomic E-state index is -0.229. The molecule has 1 heterocycles. The highest BCUT2D eigenvalue weighted by Crippen LogP contribution is 2.15. The second-order valence-electron chi connectivity index (χ2n) is 7.68. The van der Waals surface area contributed by atoms with Crippen LogP contribution in [-0.4, -0.2) is 37.1 Å². The first-order valence-electron chi connectivity index (χ1n) is 11.5. The van der Waals surface area contributed by atoms with Gasteiger partial charge in [0.2, 0.25) is 5.82 Å². The van der Waals surface area contributed by atoms with E-state index < -0.39 is 0 Å². The van der Waals surface area contributed by atoms with Gasteiger partial charge in [0.1, 0.15) is 0 Å². The Morgan fingerprint density at radius 3 is 1.83 bits per heavy atom. The Bertz CT molecular complexity index is 1160. The zero-order chi connectivity index (χ0) is 24.9. The third-order valence-electron chi connectivity index (χ3n) is 5.17. The molecular formula is C29H30N4O2. The summed E-state index contributed by atoms with van der Waals surface area (Å²) in [4.78, 5) is 20.4. The van der Waals surface area contributed by atoms with Crippen molar-refractivity contribution in [3.8, 4) is 11.8 Å². The second kappa shape index (κ2) is 13.4. The highest BCUT2D eigenvalue weighted by atomic mass is 16.5. The molecule has 6 heteroatoms. The van der Waals surface area contributed by atoms with Crippen LogP contribution in [-0.2, 0) is 9.53 Å². The topological polar surface area (TPSA) is 76.1 Å². The lowest BCUT2D eigenvalue weighted by Gasteiger charge is -2.02. The third kappa shape index (κ3) is 8.49. The number of hydrogen-bond acceptors (Lipinski definition) is 6. The molecule has 0 radical (unpaired) electrons. The van der Waals surface area contributed by atoms with E-state index in [2.05, 4.69) is 37.2 Å². The Kier molecular flexibility index (Phi) is 9.64. The normalized spacial score (nSPS) is 10.7. The first kappa shape index (κ1) is 25.3. The van der Waals surface area contributed by atoms with Crippen LogP contribution < -0.4 is 10.6 Å². The number of anilines is 2. The summed E-state index contributed by atoms with van der Waals surface area (Å²) < 4.78 is 4.67. The molecule has 35 heavy (non-hydrogen) atoms. The van der Waals surface area contributed by atoms with Gasteiger partial charge in [0, 0.05) is 38.3 Å². The molecule has 3 aromatic rings. The fourth-order valence-corrected chi connectivity index (χ4v) is 3.16. The number of unbranched alkanes of at least 4 members (excludes halogenated alkanes) is 1. The Balaban J connectivity index is 1.82. The predicted molar refractivity (Wildman–Crippen MR) is 145 cm³/mol. The molecule has 2 N–H and O–H groups in total. The number of methoxy groups -OCH3 is 1. The Morgan fingerprint density at radius 1 is 0.857 bits per heavy atom. The van der Waals surface area contributed by atoms with Gasteiger partial charge in [-0.1, -0.05) is 42.3 Å². The minimum absolute atomic E-state index is 0.229. The number of nitrogens with one attached hydrogen (secondary N) is 2. The number of hydrogen-bond donors (Lipinski definition) is 2. The third-order valence-corrected chi connectivity index (χ3v) is 5.17. The summed E-state index contributed by atoms with van der Waals surface area (Å²) in [6.07, 6.45) is 9.49. The SMILES string of the molecule is CNc1ccc(/C=C/c2cc(/C=C/c3ccc(NC)cc3)nc(C#CCCCC(=O)OC)n2)cc1. The Hall–Kier alpha value is -4.37. The summed E-state index contributed by atoms with van der Waals surface area (Å²) in [5.74, 6) is 6.32. The van der Waals surface area contributed by atoms with E-state index in [4.69, 9.17) is 0 Å². The number of carbonyl (C=O) groups is 1. The zero-order valence-corrected chi connectivity index (χ0v) is 20.3. The van der Waals surface area contributed by atoms with E-state index in [1.54, 1.807) is 0 Å². The van der Waals surface area contributed by atoms with Crippen molar-refractivity contribution in [2.45, 2.75) is 19.3 Å². The maximum atomic E-state index is 11.3. The number of esters is 1. The molecule has 0 atom stereocenters. The van der Waals surface area contributed by atoms with Gasteiger partial charge in [0.15, 0.2) is 0 Å². The lowest BCUT2D eigenvalue weighted by molar-refractivity contribution is -0.140. The maximum Gasteiger partial charge on any atom is 0.305 e. The Morgan fingerprint density at radius 2 is 1.37 bits per heavy atom. The molecule has 0 fully saturated rings. The summed E-state index contributed by atoms with van der Waals surface area (Å²) in [5.41, 5.74) is 5.79. The van der Waals surface area contributed by atoms with Crippen LogP contribution in [0.2, 0.25) is 0 Å². The van der Waals surface area contributed by atoms with Crippen molar-refractivity contribution in [3.63, 3.8) is 0 Å². The van der Waals surface area contributed by atoms with Gasteiger partial charge in [-0.3, -0.25) is 4.79 Å². The zero-order valence-electron chi connectivity index (χ0n) is 20.3. The largest absolute Gasteiger partial charge is 0.469 e. The van der Waals surface area contributed by atoms with Crippen LogP contribution >= 0.6 is 0 Å². The second-order valence-corrected chi connectivity index (χ2v) is 7.68. The predicted octanol–water partition coefficient (Wildman–Crippen LogP) is 5.60. The Labute approximate surface area is 207 Å². The van der Waals surface area contributed by atoms with Gasteiger partial charge >= 0.3 is 5.97 Å². The number of nitrogens with zero attached hydrogens (tertiary/aromatic N) is 2. The maximum absolute atomic E-state index is 11.3. The number of carbonyl (C=O) groups excluding carboxylic acids is 1. The van der Waals surface area contributed by atoms with Crippen molar-refractivity contribution in [1.82, 2.24) is 9.97 Å². The van der Waals surface area contributed by atoms with Gasteiger partial charge in [-0.15, -0.1) is 0 Å². The van der Waals surface area contributed by atoms with Crippen LogP contribution in [0.1, 0.15) is 47.6 Å². The molecule has 6 nitrogen and oxygen atoms in total. The summed E-state index contributed by atoms with van der Waals surface area (Å²) >= 11 is 0.